The third-order valence-electron chi connectivity index (χ3n) is 3.23. The van der Waals surface area contributed by atoms with E-state index in [-0.39, 0.29) is 5.91 Å². The van der Waals surface area contributed by atoms with Crippen LogP contribution in [-0.2, 0) is 4.74 Å². The van der Waals surface area contributed by atoms with Crippen molar-refractivity contribution in [2.45, 2.75) is 12.8 Å². The van der Waals surface area contributed by atoms with E-state index in [9.17, 15) is 4.79 Å². The lowest BCUT2D eigenvalue weighted by atomic mass is 9.98. The number of benzene rings is 1. The largest absolute Gasteiger partial charge is 0.384 e. The third kappa shape index (κ3) is 3.07. The maximum Gasteiger partial charge on any atom is 0.253 e. The number of carbonyl (C=O) groups excluding carboxylic acids is 1. The summed E-state index contributed by atoms with van der Waals surface area (Å²) in [5.74, 6) is 0.632. The fourth-order valence-corrected chi connectivity index (χ4v) is 2.38. The second-order valence-electron chi connectivity index (χ2n) is 4.58. The van der Waals surface area contributed by atoms with Gasteiger partial charge >= 0.3 is 0 Å². The van der Waals surface area contributed by atoms with Gasteiger partial charge in [0.1, 0.15) is 0 Å². The Morgan fingerprint density at radius 3 is 2.88 bits per heavy atom. The molecule has 0 radical (unpaired) electrons. The van der Waals surface area contributed by atoms with Crippen molar-refractivity contribution in [1.29, 1.82) is 0 Å². The lowest BCUT2D eigenvalue weighted by Crippen LogP contribution is -2.41. The molecule has 1 saturated heterocycles. The van der Waals surface area contributed by atoms with Crippen LogP contribution in [0.2, 0.25) is 0 Å². The first kappa shape index (κ1) is 12.1. The molecule has 92 valence electrons. The first-order chi connectivity index (χ1) is 8.31. The zero-order valence-corrected chi connectivity index (χ0v) is 10.3. The van der Waals surface area contributed by atoms with Crippen LogP contribution in [0.5, 0.6) is 0 Å². The molecule has 1 aromatic rings. The van der Waals surface area contributed by atoms with Crippen LogP contribution < -0.4 is 0 Å². The van der Waals surface area contributed by atoms with Crippen LogP contribution >= 0.6 is 0 Å². The first-order valence-corrected chi connectivity index (χ1v) is 6.14. The highest BCUT2D eigenvalue weighted by atomic mass is 16.5. The van der Waals surface area contributed by atoms with Gasteiger partial charge in [-0.2, -0.15) is 0 Å². The van der Waals surface area contributed by atoms with E-state index in [1.807, 2.05) is 35.2 Å². The smallest absolute Gasteiger partial charge is 0.253 e. The van der Waals surface area contributed by atoms with Gasteiger partial charge in [0.2, 0.25) is 0 Å². The van der Waals surface area contributed by atoms with Gasteiger partial charge in [-0.15, -0.1) is 0 Å². The van der Waals surface area contributed by atoms with Crippen LogP contribution in [0.3, 0.4) is 0 Å². The number of piperidine rings is 1. The molecule has 3 nitrogen and oxygen atoms in total. The summed E-state index contributed by atoms with van der Waals surface area (Å²) < 4.78 is 5.18. The number of nitrogens with zero attached hydrogens (tertiary/aromatic N) is 1. The van der Waals surface area contributed by atoms with Crippen LogP contribution in [0, 0.1) is 5.92 Å². The predicted octanol–water partition coefficient (Wildman–Crippen LogP) is 2.19. The highest BCUT2D eigenvalue weighted by Gasteiger charge is 2.24. The van der Waals surface area contributed by atoms with E-state index in [0.717, 1.165) is 38.1 Å². The molecule has 0 N–H and O–H groups in total. The third-order valence-corrected chi connectivity index (χ3v) is 3.23. The average molecular weight is 233 g/mol. The number of rotatable bonds is 3. The summed E-state index contributed by atoms with van der Waals surface area (Å²) in [6.07, 6.45) is 2.24. The van der Waals surface area contributed by atoms with Gasteiger partial charge < -0.3 is 9.64 Å². The zero-order valence-electron chi connectivity index (χ0n) is 10.3. The number of methoxy groups -OCH3 is 1. The number of hydrogen-bond acceptors (Lipinski definition) is 2. The molecule has 3 heteroatoms. The molecule has 1 heterocycles. The van der Waals surface area contributed by atoms with Gasteiger partial charge in [-0.05, 0) is 30.9 Å². The Morgan fingerprint density at radius 1 is 1.41 bits per heavy atom. The van der Waals surface area contributed by atoms with Crippen molar-refractivity contribution in [3.05, 3.63) is 35.9 Å². The lowest BCUT2D eigenvalue weighted by molar-refractivity contribution is 0.0571. The number of ether oxygens (including phenoxy) is 1. The molecule has 0 aromatic heterocycles. The molecular weight excluding hydrogens is 214 g/mol. The fourth-order valence-electron chi connectivity index (χ4n) is 2.38. The Balaban J connectivity index is 2.00. The number of carbonyl (C=O) groups is 1. The topological polar surface area (TPSA) is 29.5 Å². The van der Waals surface area contributed by atoms with Crippen LogP contribution in [0.1, 0.15) is 23.2 Å². The Bertz CT molecular complexity index is 362. The summed E-state index contributed by atoms with van der Waals surface area (Å²) in [7, 11) is 1.72. The summed E-state index contributed by atoms with van der Waals surface area (Å²) in [5.41, 5.74) is 0.783. The Labute approximate surface area is 102 Å². The lowest BCUT2D eigenvalue weighted by Gasteiger charge is -2.32. The number of amides is 1. The van der Waals surface area contributed by atoms with Crippen molar-refractivity contribution < 1.29 is 9.53 Å². The Morgan fingerprint density at radius 2 is 2.18 bits per heavy atom. The Kier molecular flexibility index (Phi) is 4.15. The molecule has 0 bridgehead atoms. The molecule has 2 rings (SSSR count). The molecule has 0 saturated carbocycles. The summed E-state index contributed by atoms with van der Waals surface area (Å²) in [4.78, 5) is 14.2. The van der Waals surface area contributed by atoms with E-state index in [1.54, 1.807) is 7.11 Å². The molecule has 17 heavy (non-hydrogen) atoms. The van der Waals surface area contributed by atoms with Gasteiger partial charge in [-0.1, -0.05) is 18.2 Å². The summed E-state index contributed by atoms with van der Waals surface area (Å²) in [6, 6.07) is 9.50. The van der Waals surface area contributed by atoms with Gasteiger partial charge in [0.15, 0.2) is 0 Å². The fraction of sp³-hybridized carbons (Fsp3) is 0.500. The van der Waals surface area contributed by atoms with Crippen molar-refractivity contribution in [3.8, 4) is 0 Å². The minimum absolute atomic E-state index is 0.145. The number of hydrogen-bond donors (Lipinski definition) is 0. The summed E-state index contributed by atoms with van der Waals surface area (Å²) in [6.45, 7) is 2.44. The molecule has 1 aromatic carbocycles. The molecule has 0 spiro atoms. The summed E-state index contributed by atoms with van der Waals surface area (Å²) >= 11 is 0. The molecule has 1 amide bonds. The summed E-state index contributed by atoms with van der Waals surface area (Å²) in [5, 5.41) is 0. The molecule has 1 unspecified atom stereocenters. The normalized spacial score (nSPS) is 20.3. The second-order valence-corrected chi connectivity index (χ2v) is 4.58. The zero-order chi connectivity index (χ0) is 12.1. The molecule has 1 atom stereocenters. The standard InChI is InChI=1S/C14H19NO2/c1-17-11-12-6-5-9-15(10-12)14(16)13-7-3-2-4-8-13/h2-4,7-8,12H,5-6,9-11H2,1H3. The second kappa shape index (κ2) is 5.82. The van der Waals surface area contributed by atoms with E-state index >= 15 is 0 Å². The van der Waals surface area contributed by atoms with Gasteiger partial charge in [0, 0.05) is 25.8 Å². The maximum atomic E-state index is 12.2. The van der Waals surface area contributed by atoms with Crippen molar-refractivity contribution >= 4 is 5.91 Å². The van der Waals surface area contributed by atoms with Crippen LogP contribution in [0.4, 0.5) is 0 Å². The molecule has 1 aliphatic rings. The van der Waals surface area contributed by atoms with E-state index < -0.39 is 0 Å². The molecule has 1 aliphatic heterocycles. The van der Waals surface area contributed by atoms with E-state index in [2.05, 4.69) is 0 Å². The van der Waals surface area contributed by atoms with Gasteiger partial charge in [-0.3, -0.25) is 4.79 Å². The monoisotopic (exact) mass is 233 g/mol. The van der Waals surface area contributed by atoms with E-state index in [1.165, 1.54) is 0 Å². The van der Waals surface area contributed by atoms with Crippen molar-refractivity contribution in [2.75, 3.05) is 26.8 Å². The SMILES string of the molecule is COCC1CCCN(C(=O)c2ccccc2)C1. The van der Waals surface area contributed by atoms with Crippen molar-refractivity contribution in [2.24, 2.45) is 5.92 Å². The molecule has 1 fully saturated rings. The van der Waals surface area contributed by atoms with Gasteiger partial charge in [0.05, 0.1) is 6.61 Å². The Hall–Kier alpha value is -1.35. The predicted molar refractivity (Wildman–Crippen MR) is 66.9 cm³/mol. The van der Waals surface area contributed by atoms with Crippen LogP contribution in [-0.4, -0.2) is 37.6 Å². The maximum absolute atomic E-state index is 12.2. The quantitative estimate of drug-likeness (QED) is 0.801. The highest BCUT2D eigenvalue weighted by Crippen LogP contribution is 2.18. The van der Waals surface area contributed by atoms with Crippen LogP contribution in [0.25, 0.3) is 0 Å². The minimum Gasteiger partial charge on any atom is -0.384 e. The van der Waals surface area contributed by atoms with E-state index in [0.29, 0.717) is 5.92 Å². The molecular formula is C14H19NO2. The van der Waals surface area contributed by atoms with Gasteiger partial charge in [0.25, 0.3) is 5.91 Å². The van der Waals surface area contributed by atoms with Crippen molar-refractivity contribution in [1.82, 2.24) is 4.90 Å². The highest BCUT2D eigenvalue weighted by molar-refractivity contribution is 5.94. The minimum atomic E-state index is 0.145. The van der Waals surface area contributed by atoms with Gasteiger partial charge in [-0.25, -0.2) is 0 Å². The van der Waals surface area contributed by atoms with E-state index in [4.69, 9.17) is 4.74 Å². The van der Waals surface area contributed by atoms with Crippen LogP contribution in [0.15, 0.2) is 30.3 Å². The average Bonchev–Trinajstić information content (AvgIpc) is 2.40. The number of likely N-dealkylation sites (tertiary alicyclic amines) is 1. The van der Waals surface area contributed by atoms with Crippen molar-refractivity contribution in [3.63, 3.8) is 0 Å². The molecule has 0 aliphatic carbocycles. The first-order valence-electron chi connectivity index (χ1n) is 6.14.